The number of hydrogen-bond donors (Lipinski definition) is 1. The topological polar surface area (TPSA) is 71.8 Å². The van der Waals surface area contributed by atoms with Crippen molar-refractivity contribution in [3.05, 3.63) is 100 Å². The van der Waals surface area contributed by atoms with Gasteiger partial charge < -0.3 is 14.4 Å². The third kappa shape index (κ3) is 4.27. The number of benzene rings is 3. The van der Waals surface area contributed by atoms with Gasteiger partial charge in [0.25, 0.3) is 11.7 Å². The van der Waals surface area contributed by atoms with E-state index in [2.05, 4.69) is 0 Å². The van der Waals surface area contributed by atoms with E-state index in [1.165, 1.54) is 4.90 Å². The van der Waals surface area contributed by atoms with Crippen LogP contribution in [-0.2, 0) is 16.6 Å². The molecule has 7 heteroatoms. The van der Waals surface area contributed by atoms with Crippen LogP contribution in [0, 0.1) is 6.92 Å². The van der Waals surface area contributed by atoms with Crippen molar-refractivity contribution in [2.75, 3.05) is 4.90 Å². The molecule has 0 bridgehead atoms. The molecule has 1 amide bonds. The van der Waals surface area contributed by atoms with E-state index >= 15 is 0 Å². The summed E-state index contributed by atoms with van der Waals surface area (Å²) in [6.45, 7) is 5.75. The molecule has 0 radical (unpaired) electrons. The Bertz CT molecular complexity index is 1580. The molecule has 1 unspecified atom stereocenters. The first kappa shape index (κ1) is 24.7. The van der Waals surface area contributed by atoms with Crippen LogP contribution >= 0.6 is 11.6 Å². The summed E-state index contributed by atoms with van der Waals surface area (Å²) in [6.07, 6.45) is 1.89. The van der Waals surface area contributed by atoms with Crippen LogP contribution in [0.5, 0.6) is 5.75 Å². The highest BCUT2D eigenvalue weighted by Gasteiger charge is 2.48. The number of Topliss-reactive ketones (excluding diaryl/α,β-unsaturated/α-hetero) is 1. The molecule has 0 spiro atoms. The summed E-state index contributed by atoms with van der Waals surface area (Å²) in [6, 6.07) is 19.0. The minimum Gasteiger partial charge on any atom is -0.507 e. The van der Waals surface area contributed by atoms with Crippen LogP contribution in [0.15, 0.2) is 78.5 Å². The number of rotatable bonds is 5. The number of para-hydroxylation sites is 1. The zero-order chi connectivity index (χ0) is 26.4. The second-order valence-corrected chi connectivity index (χ2v) is 9.94. The van der Waals surface area contributed by atoms with Gasteiger partial charge in [0, 0.05) is 46.0 Å². The maximum atomic E-state index is 13.5. The number of aliphatic hydroxyl groups is 1. The summed E-state index contributed by atoms with van der Waals surface area (Å²) in [4.78, 5) is 28.5. The second-order valence-electron chi connectivity index (χ2n) is 9.51. The number of anilines is 1. The Balaban J connectivity index is 1.75. The van der Waals surface area contributed by atoms with Gasteiger partial charge in [0.2, 0.25) is 0 Å². The van der Waals surface area contributed by atoms with Crippen molar-refractivity contribution in [1.29, 1.82) is 0 Å². The third-order valence-corrected chi connectivity index (χ3v) is 6.80. The number of amides is 1. The molecule has 1 aliphatic rings. The molecule has 0 aliphatic carbocycles. The standard InChI is InChI=1S/C30H27ClN2O4/c1-17(2)37-25-13-12-19(14-18(25)3)28(34)26-27(23-16-32(4)24-11-6-5-10-22(23)24)33(30(36)29(26)35)21-9-7-8-20(31)15-21/h5-17,27,34H,1-4H3/b28-26+. The van der Waals surface area contributed by atoms with Crippen LogP contribution in [-0.4, -0.2) is 27.5 Å². The van der Waals surface area contributed by atoms with E-state index in [9.17, 15) is 14.7 Å². The highest BCUT2D eigenvalue weighted by atomic mass is 35.5. The number of ketones is 1. The van der Waals surface area contributed by atoms with E-state index < -0.39 is 17.7 Å². The normalized spacial score (nSPS) is 17.2. The van der Waals surface area contributed by atoms with Gasteiger partial charge >= 0.3 is 0 Å². The summed E-state index contributed by atoms with van der Waals surface area (Å²) in [5.41, 5.74) is 3.42. The first-order valence-electron chi connectivity index (χ1n) is 12.1. The lowest BCUT2D eigenvalue weighted by Crippen LogP contribution is -2.29. The van der Waals surface area contributed by atoms with Crippen molar-refractivity contribution in [2.45, 2.75) is 32.9 Å². The quantitative estimate of drug-likeness (QED) is 0.186. The van der Waals surface area contributed by atoms with Gasteiger partial charge in [-0.3, -0.25) is 14.5 Å². The predicted molar refractivity (Wildman–Crippen MR) is 146 cm³/mol. The highest BCUT2D eigenvalue weighted by molar-refractivity contribution is 6.52. The van der Waals surface area contributed by atoms with Gasteiger partial charge in [0.15, 0.2) is 0 Å². The summed E-state index contributed by atoms with van der Waals surface area (Å²) < 4.78 is 7.78. The lowest BCUT2D eigenvalue weighted by atomic mass is 9.94. The number of nitrogens with zero attached hydrogens (tertiary/aromatic N) is 2. The zero-order valence-electron chi connectivity index (χ0n) is 21.0. The molecule has 6 nitrogen and oxygen atoms in total. The number of ether oxygens (including phenoxy) is 1. The Labute approximate surface area is 220 Å². The van der Waals surface area contributed by atoms with Crippen LogP contribution in [0.2, 0.25) is 5.02 Å². The number of halogens is 1. The van der Waals surface area contributed by atoms with Crippen molar-refractivity contribution in [1.82, 2.24) is 4.57 Å². The van der Waals surface area contributed by atoms with Gasteiger partial charge in [-0.2, -0.15) is 0 Å². The van der Waals surface area contributed by atoms with E-state index in [4.69, 9.17) is 16.3 Å². The number of aliphatic hydroxyl groups excluding tert-OH is 1. The van der Waals surface area contributed by atoms with Crippen molar-refractivity contribution in [3.63, 3.8) is 0 Å². The maximum Gasteiger partial charge on any atom is 0.300 e. The Morgan fingerprint density at radius 2 is 1.78 bits per heavy atom. The van der Waals surface area contributed by atoms with E-state index in [1.807, 2.05) is 62.8 Å². The molecule has 4 aromatic rings. The van der Waals surface area contributed by atoms with Gasteiger partial charge in [-0.25, -0.2) is 0 Å². The molecule has 3 aromatic carbocycles. The molecule has 1 atom stereocenters. The molecule has 5 rings (SSSR count). The van der Waals surface area contributed by atoms with Gasteiger partial charge in [-0.15, -0.1) is 0 Å². The number of carbonyl (C=O) groups excluding carboxylic acids is 2. The first-order valence-corrected chi connectivity index (χ1v) is 12.4. The highest BCUT2D eigenvalue weighted by Crippen LogP contribution is 2.45. The molecule has 2 heterocycles. The number of aromatic nitrogens is 1. The Morgan fingerprint density at radius 1 is 1.03 bits per heavy atom. The molecule has 1 aromatic heterocycles. The number of hydrogen-bond acceptors (Lipinski definition) is 4. The van der Waals surface area contributed by atoms with E-state index in [-0.39, 0.29) is 17.4 Å². The monoisotopic (exact) mass is 514 g/mol. The summed E-state index contributed by atoms with van der Waals surface area (Å²) in [5, 5.41) is 12.9. The summed E-state index contributed by atoms with van der Waals surface area (Å²) in [7, 11) is 1.91. The van der Waals surface area contributed by atoms with Gasteiger partial charge in [-0.1, -0.05) is 35.9 Å². The Morgan fingerprint density at radius 3 is 2.49 bits per heavy atom. The van der Waals surface area contributed by atoms with Crippen LogP contribution in [0.1, 0.15) is 36.6 Å². The van der Waals surface area contributed by atoms with Crippen LogP contribution in [0.25, 0.3) is 16.7 Å². The van der Waals surface area contributed by atoms with Gasteiger partial charge in [-0.05, 0) is 68.8 Å². The minimum atomic E-state index is -0.850. The predicted octanol–water partition coefficient (Wildman–Crippen LogP) is 6.55. The van der Waals surface area contributed by atoms with Crippen LogP contribution in [0.3, 0.4) is 0 Å². The molecule has 1 N–H and O–H groups in total. The number of carbonyl (C=O) groups is 2. The first-order chi connectivity index (χ1) is 17.7. The average Bonchev–Trinajstić information content (AvgIpc) is 3.33. The fourth-order valence-electron chi connectivity index (χ4n) is 4.95. The van der Waals surface area contributed by atoms with Gasteiger partial charge in [0.05, 0.1) is 17.7 Å². The van der Waals surface area contributed by atoms with Crippen molar-refractivity contribution >= 4 is 45.6 Å². The third-order valence-electron chi connectivity index (χ3n) is 6.56. The van der Waals surface area contributed by atoms with E-state index in [1.54, 1.807) is 42.5 Å². The van der Waals surface area contributed by atoms with Crippen LogP contribution in [0.4, 0.5) is 5.69 Å². The van der Waals surface area contributed by atoms with Crippen molar-refractivity contribution < 1.29 is 19.4 Å². The molecule has 37 heavy (non-hydrogen) atoms. The Kier molecular flexibility index (Phi) is 6.30. The maximum absolute atomic E-state index is 13.5. The SMILES string of the molecule is Cc1cc(/C(O)=C2\C(=O)C(=O)N(c3cccc(Cl)c3)C2c2cn(C)c3ccccc23)ccc1OC(C)C. The largest absolute Gasteiger partial charge is 0.507 e. The van der Waals surface area contributed by atoms with Crippen LogP contribution < -0.4 is 9.64 Å². The molecule has 1 fully saturated rings. The minimum absolute atomic E-state index is 0.00692. The molecule has 0 saturated carbocycles. The number of aryl methyl sites for hydroxylation is 2. The summed E-state index contributed by atoms with van der Waals surface area (Å²) >= 11 is 6.26. The van der Waals surface area contributed by atoms with Crippen molar-refractivity contribution in [2.24, 2.45) is 7.05 Å². The van der Waals surface area contributed by atoms with E-state index in [0.29, 0.717) is 22.0 Å². The summed E-state index contributed by atoms with van der Waals surface area (Å²) in [5.74, 6) is -1.02. The number of fused-ring (bicyclic) bond motifs is 1. The molecular weight excluding hydrogens is 488 g/mol. The second kappa shape index (κ2) is 9.45. The molecule has 1 aliphatic heterocycles. The lowest BCUT2D eigenvalue weighted by Gasteiger charge is -2.25. The smallest absolute Gasteiger partial charge is 0.300 e. The van der Waals surface area contributed by atoms with Crippen molar-refractivity contribution in [3.8, 4) is 5.75 Å². The molecular formula is C30H27ClN2O4. The lowest BCUT2D eigenvalue weighted by molar-refractivity contribution is -0.132. The molecule has 1 saturated heterocycles. The van der Waals surface area contributed by atoms with Gasteiger partial charge in [0.1, 0.15) is 11.5 Å². The fraction of sp³-hybridized carbons (Fsp3) is 0.200. The van der Waals surface area contributed by atoms with E-state index in [0.717, 1.165) is 22.0 Å². The molecule has 188 valence electrons. The Hall–Kier alpha value is -4.03. The fourth-order valence-corrected chi connectivity index (χ4v) is 5.13. The average molecular weight is 515 g/mol. The zero-order valence-corrected chi connectivity index (χ0v) is 21.8.